The van der Waals surface area contributed by atoms with E-state index < -0.39 is 0 Å². The fraction of sp³-hybridized carbons (Fsp3) is 0.524. The molecular weight excluding hydrogens is 406 g/mol. The van der Waals surface area contributed by atoms with Crippen LogP contribution in [-0.2, 0) is 9.59 Å². The van der Waals surface area contributed by atoms with E-state index >= 15 is 0 Å². The molecule has 2 aliphatic heterocycles. The maximum atomic E-state index is 12.7. The van der Waals surface area contributed by atoms with E-state index in [0.29, 0.717) is 13.1 Å². The highest BCUT2D eigenvalue weighted by molar-refractivity contribution is 9.10. The first-order valence-electron chi connectivity index (χ1n) is 9.80. The molecule has 2 amide bonds. The summed E-state index contributed by atoms with van der Waals surface area (Å²) in [5.74, 6) is 0.267. The molecule has 1 aromatic carbocycles. The molecule has 0 aromatic heterocycles. The Balaban J connectivity index is 1.50. The minimum absolute atomic E-state index is 0.0282. The van der Waals surface area contributed by atoms with Gasteiger partial charge in [-0.2, -0.15) is 0 Å². The Morgan fingerprint density at radius 1 is 0.963 bits per heavy atom. The van der Waals surface area contributed by atoms with E-state index in [-0.39, 0.29) is 17.9 Å². The van der Waals surface area contributed by atoms with Gasteiger partial charge >= 0.3 is 0 Å². The third-order valence-corrected chi connectivity index (χ3v) is 6.23. The average Bonchev–Trinajstić information content (AvgIpc) is 2.72. The summed E-state index contributed by atoms with van der Waals surface area (Å²) in [6.07, 6.45) is 6.95. The van der Waals surface area contributed by atoms with Crippen LogP contribution in [0.3, 0.4) is 0 Å². The molecule has 2 fully saturated rings. The first-order chi connectivity index (χ1) is 13.1. The molecule has 0 spiro atoms. The van der Waals surface area contributed by atoms with Crippen LogP contribution in [-0.4, -0.2) is 71.8 Å². The van der Waals surface area contributed by atoms with Crippen LogP contribution in [0, 0.1) is 0 Å². The fourth-order valence-electron chi connectivity index (χ4n) is 3.74. The first-order valence-corrected chi connectivity index (χ1v) is 10.6. The first kappa shape index (κ1) is 20.1. The quantitative estimate of drug-likeness (QED) is 0.685. The van der Waals surface area contributed by atoms with Gasteiger partial charge in [0.05, 0.1) is 6.04 Å². The lowest BCUT2D eigenvalue weighted by Gasteiger charge is -2.39. The van der Waals surface area contributed by atoms with Crippen molar-refractivity contribution in [2.75, 3.05) is 39.3 Å². The van der Waals surface area contributed by atoms with Crippen LogP contribution in [0.5, 0.6) is 0 Å². The zero-order valence-electron chi connectivity index (χ0n) is 15.9. The van der Waals surface area contributed by atoms with E-state index in [4.69, 9.17) is 0 Å². The van der Waals surface area contributed by atoms with E-state index in [1.54, 1.807) is 6.08 Å². The Morgan fingerprint density at radius 2 is 1.63 bits per heavy atom. The topological polar surface area (TPSA) is 43.9 Å². The van der Waals surface area contributed by atoms with Crippen LogP contribution < -0.4 is 0 Å². The van der Waals surface area contributed by atoms with Crippen molar-refractivity contribution in [3.63, 3.8) is 0 Å². The van der Waals surface area contributed by atoms with Gasteiger partial charge in [0.2, 0.25) is 11.8 Å². The molecule has 146 valence electrons. The Hall–Kier alpha value is -1.66. The van der Waals surface area contributed by atoms with Crippen molar-refractivity contribution in [2.24, 2.45) is 0 Å². The number of rotatable bonds is 4. The van der Waals surface area contributed by atoms with Crippen molar-refractivity contribution in [2.45, 2.75) is 32.2 Å². The molecule has 1 atom stereocenters. The van der Waals surface area contributed by atoms with Crippen LogP contribution in [0.15, 0.2) is 34.8 Å². The largest absolute Gasteiger partial charge is 0.341 e. The summed E-state index contributed by atoms with van der Waals surface area (Å²) in [6.45, 7) is 6.60. The van der Waals surface area contributed by atoms with Gasteiger partial charge in [0, 0.05) is 49.8 Å². The van der Waals surface area contributed by atoms with E-state index in [2.05, 4.69) is 20.8 Å². The third-order valence-electron chi connectivity index (χ3n) is 5.51. The number of carbonyl (C=O) groups excluding carboxylic acids is 2. The lowest BCUT2D eigenvalue weighted by atomic mass is 10.1. The third kappa shape index (κ3) is 5.20. The van der Waals surface area contributed by atoms with Crippen LogP contribution in [0.4, 0.5) is 0 Å². The maximum absolute atomic E-state index is 12.7. The van der Waals surface area contributed by atoms with Crippen molar-refractivity contribution in [1.29, 1.82) is 0 Å². The fourth-order valence-corrected chi connectivity index (χ4v) is 4.16. The van der Waals surface area contributed by atoms with Gasteiger partial charge < -0.3 is 9.80 Å². The molecule has 5 nitrogen and oxygen atoms in total. The molecule has 0 aliphatic carbocycles. The van der Waals surface area contributed by atoms with Crippen LogP contribution >= 0.6 is 15.9 Å². The lowest BCUT2D eigenvalue weighted by Crippen LogP contribution is -2.55. The van der Waals surface area contributed by atoms with Gasteiger partial charge in [-0.05, 0) is 43.9 Å². The summed E-state index contributed by atoms with van der Waals surface area (Å²) in [7, 11) is 0. The standard InChI is InChI=1S/C21H28BrN3O2/c1-17(21(27)25-11-5-2-6-12-25)23-13-15-24(16-14-23)20(26)10-9-18-7-3-4-8-19(18)22/h3-4,7-10,17H,2,5-6,11-16H2,1H3/b10-9+. The summed E-state index contributed by atoms with van der Waals surface area (Å²) in [5.41, 5.74) is 0.991. The summed E-state index contributed by atoms with van der Waals surface area (Å²) >= 11 is 3.49. The van der Waals surface area contributed by atoms with Crippen molar-refractivity contribution >= 4 is 33.8 Å². The molecule has 27 heavy (non-hydrogen) atoms. The molecule has 0 N–H and O–H groups in total. The SMILES string of the molecule is CC(C(=O)N1CCCCC1)N1CCN(C(=O)/C=C/c2ccccc2Br)CC1. The minimum atomic E-state index is -0.101. The van der Waals surface area contributed by atoms with Gasteiger partial charge in [0.15, 0.2) is 0 Å². The van der Waals surface area contributed by atoms with Crippen LogP contribution in [0.1, 0.15) is 31.7 Å². The number of benzene rings is 1. The Kier molecular flexibility index (Phi) is 7.07. The molecule has 2 saturated heterocycles. The van der Waals surface area contributed by atoms with Gasteiger partial charge in [-0.15, -0.1) is 0 Å². The number of piperazine rings is 1. The number of piperidine rings is 1. The molecular formula is C21H28BrN3O2. The smallest absolute Gasteiger partial charge is 0.246 e. The molecule has 0 radical (unpaired) electrons. The average molecular weight is 434 g/mol. The van der Waals surface area contributed by atoms with E-state index in [0.717, 1.165) is 49.1 Å². The van der Waals surface area contributed by atoms with Gasteiger partial charge in [0.25, 0.3) is 0 Å². The lowest BCUT2D eigenvalue weighted by molar-refractivity contribution is -0.138. The predicted molar refractivity (Wildman–Crippen MR) is 111 cm³/mol. The zero-order chi connectivity index (χ0) is 19.2. The molecule has 1 aromatic rings. The molecule has 2 aliphatic rings. The van der Waals surface area contributed by atoms with Gasteiger partial charge in [-0.3, -0.25) is 14.5 Å². The second-order valence-electron chi connectivity index (χ2n) is 7.28. The number of likely N-dealkylation sites (tertiary alicyclic amines) is 1. The number of halogens is 1. The molecule has 6 heteroatoms. The van der Waals surface area contributed by atoms with Crippen LogP contribution in [0.2, 0.25) is 0 Å². The molecule has 0 saturated carbocycles. The second-order valence-corrected chi connectivity index (χ2v) is 8.13. The highest BCUT2D eigenvalue weighted by Gasteiger charge is 2.30. The van der Waals surface area contributed by atoms with Crippen molar-refractivity contribution in [1.82, 2.24) is 14.7 Å². The number of nitrogens with zero attached hydrogens (tertiary/aromatic N) is 3. The summed E-state index contributed by atoms with van der Waals surface area (Å²) in [4.78, 5) is 31.2. The normalized spacial score (nSPS) is 20.1. The highest BCUT2D eigenvalue weighted by atomic mass is 79.9. The second kappa shape index (κ2) is 9.51. The monoisotopic (exact) mass is 433 g/mol. The number of amides is 2. The van der Waals surface area contributed by atoms with E-state index in [1.807, 2.05) is 47.1 Å². The minimum Gasteiger partial charge on any atom is -0.341 e. The predicted octanol–water partition coefficient (Wildman–Crippen LogP) is 3.01. The van der Waals surface area contributed by atoms with Crippen molar-refractivity contribution < 1.29 is 9.59 Å². The number of hydrogen-bond acceptors (Lipinski definition) is 3. The van der Waals surface area contributed by atoms with E-state index in [9.17, 15) is 9.59 Å². The number of hydrogen-bond donors (Lipinski definition) is 0. The summed E-state index contributed by atoms with van der Waals surface area (Å²) in [5, 5.41) is 0. The summed E-state index contributed by atoms with van der Waals surface area (Å²) < 4.78 is 0.976. The molecule has 2 heterocycles. The Bertz CT molecular complexity index is 692. The maximum Gasteiger partial charge on any atom is 0.246 e. The Morgan fingerprint density at radius 3 is 2.30 bits per heavy atom. The zero-order valence-corrected chi connectivity index (χ0v) is 17.5. The van der Waals surface area contributed by atoms with Crippen molar-refractivity contribution in [3.8, 4) is 0 Å². The van der Waals surface area contributed by atoms with Gasteiger partial charge in [0.1, 0.15) is 0 Å². The molecule has 3 rings (SSSR count). The van der Waals surface area contributed by atoms with Crippen molar-refractivity contribution in [3.05, 3.63) is 40.4 Å². The summed E-state index contributed by atoms with van der Waals surface area (Å²) in [6, 6.07) is 7.74. The molecule has 0 bridgehead atoms. The molecule has 1 unspecified atom stereocenters. The number of carbonyl (C=O) groups is 2. The Labute approximate surface area is 170 Å². The van der Waals surface area contributed by atoms with Crippen LogP contribution in [0.25, 0.3) is 6.08 Å². The van der Waals surface area contributed by atoms with E-state index in [1.165, 1.54) is 6.42 Å². The highest BCUT2D eigenvalue weighted by Crippen LogP contribution is 2.18. The van der Waals surface area contributed by atoms with Gasteiger partial charge in [-0.25, -0.2) is 0 Å². The van der Waals surface area contributed by atoms with Gasteiger partial charge in [-0.1, -0.05) is 34.1 Å².